The molecule has 0 aliphatic heterocycles. The average molecular weight is 234 g/mol. The maximum atomic E-state index is 13.0. The minimum Gasteiger partial charge on any atom is -0.478 e. The van der Waals surface area contributed by atoms with Crippen molar-refractivity contribution in [2.24, 2.45) is 0 Å². The molecule has 1 aromatic rings. The lowest BCUT2D eigenvalue weighted by atomic mass is 10.2. The van der Waals surface area contributed by atoms with Gasteiger partial charge in [0.05, 0.1) is 5.56 Å². The molecule has 0 fully saturated rings. The fourth-order valence-corrected chi connectivity index (χ4v) is 1.13. The Morgan fingerprint density at radius 2 is 2.35 bits per heavy atom. The molecule has 0 aliphatic carbocycles. The van der Waals surface area contributed by atoms with Gasteiger partial charge in [-0.25, -0.2) is 9.18 Å². The minimum atomic E-state index is -0.983. The molecule has 0 aromatic heterocycles. The van der Waals surface area contributed by atoms with Gasteiger partial charge < -0.3 is 10.4 Å². The average Bonchev–Trinajstić information content (AvgIpc) is 2.31. The molecule has 1 aromatic carbocycles. The fourth-order valence-electron chi connectivity index (χ4n) is 1.13. The highest BCUT2D eigenvalue weighted by Crippen LogP contribution is 2.13. The third-order valence-corrected chi connectivity index (χ3v) is 2.14. The van der Waals surface area contributed by atoms with Crippen molar-refractivity contribution in [2.75, 3.05) is 11.9 Å². The lowest BCUT2D eigenvalue weighted by Gasteiger charge is -2.04. The first kappa shape index (κ1) is 12.7. The third-order valence-electron chi connectivity index (χ3n) is 2.14. The smallest absolute Gasteiger partial charge is 0.331 e. The fraction of sp³-hybridized carbons (Fsp3) is 0.167. The van der Waals surface area contributed by atoms with Crippen LogP contribution in [0.4, 0.5) is 10.1 Å². The van der Waals surface area contributed by atoms with E-state index in [-0.39, 0.29) is 11.1 Å². The highest BCUT2D eigenvalue weighted by atomic mass is 19.1. The maximum Gasteiger partial charge on any atom is 0.331 e. The molecule has 0 saturated carbocycles. The molecule has 0 aliphatic rings. The summed E-state index contributed by atoms with van der Waals surface area (Å²) < 4.78 is 13.0. The Morgan fingerprint density at radius 3 is 2.94 bits per heavy atom. The van der Waals surface area contributed by atoms with E-state index in [4.69, 9.17) is 10.4 Å². The summed E-state index contributed by atoms with van der Waals surface area (Å²) in [4.78, 5) is 10.5. The van der Waals surface area contributed by atoms with Crippen molar-refractivity contribution >= 4 is 11.7 Å². The normalized spacial score (nSPS) is 10.8. The zero-order valence-electron chi connectivity index (χ0n) is 9.20. The number of carbonyl (C=O) groups is 1. The van der Waals surface area contributed by atoms with Crippen molar-refractivity contribution in [1.29, 1.82) is 5.26 Å². The van der Waals surface area contributed by atoms with Gasteiger partial charge in [-0.2, -0.15) is 5.26 Å². The molecule has 88 valence electrons. The van der Waals surface area contributed by atoms with E-state index in [1.165, 1.54) is 31.2 Å². The number of nitrogens with zero attached hydrogens (tertiary/aromatic N) is 1. The number of benzene rings is 1. The number of carboxylic acid groups (broad SMARTS) is 1. The topological polar surface area (TPSA) is 73.1 Å². The zero-order chi connectivity index (χ0) is 12.8. The van der Waals surface area contributed by atoms with E-state index in [1.807, 2.05) is 0 Å². The van der Waals surface area contributed by atoms with Crippen LogP contribution in [-0.2, 0) is 4.79 Å². The maximum absolute atomic E-state index is 13.0. The summed E-state index contributed by atoms with van der Waals surface area (Å²) in [5.41, 5.74) is 0.742. The number of aliphatic carboxylic acids is 1. The quantitative estimate of drug-likeness (QED) is 0.783. The van der Waals surface area contributed by atoms with Gasteiger partial charge >= 0.3 is 5.97 Å². The number of nitrogens with one attached hydrogen (secondary N) is 1. The molecule has 2 N–H and O–H groups in total. The van der Waals surface area contributed by atoms with E-state index in [9.17, 15) is 9.18 Å². The minimum absolute atomic E-state index is 0.0473. The van der Waals surface area contributed by atoms with Gasteiger partial charge in [-0.3, -0.25) is 0 Å². The van der Waals surface area contributed by atoms with E-state index in [0.29, 0.717) is 12.2 Å². The van der Waals surface area contributed by atoms with E-state index in [1.54, 1.807) is 6.07 Å². The van der Waals surface area contributed by atoms with E-state index in [0.717, 1.165) is 0 Å². The summed E-state index contributed by atoms with van der Waals surface area (Å²) in [6, 6.07) is 5.78. The lowest BCUT2D eigenvalue weighted by Crippen LogP contribution is -2.03. The second-order valence-electron chi connectivity index (χ2n) is 3.38. The predicted molar refractivity (Wildman–Crippen MR) is 61.0 cm³/mol. The molecular formula is C12H11FN2O2. The van der Waals surface area contributed by atoms with Gasteiger partial charge in [0.2, 0.25) is 0 Å². The zero-order valence-corrected chi connectivity index (χ0v) is 9.20. The standard InChI is InChI=1S/C12H11FN2O2/c1-8(12(16)17)4-5-15-10-2-3-11(13)9(6-10)7-14/h2-4,6,15H,5H2,1H3,(H,16,17)/b8-4-. The summed E-state index contributed by atoms with van der Waals surface area (Å²) in [5, 5.41) is 20.1. The first-order valence-electron chi connectivity index (χ1n) is 4.88. The van der Waals surface area contributed by atoms with Crippen molar-refractivity contribution in [2.45, 2.75) is 6.92 Å². The van der Waals surface area contributed by atoms with Gasteiger partial charge in [0.25, 0.3) is 0 Å². The third kappa shape index (κ3) is 3.61. The predicted octanol–water partition coefficient (Wildman–Crippen LogP) is 2.14. The van der Waals surface area contributed by atoms with Crippen LogP contribution in [0, 0.1) is 17.1 Å². The van der Waals surface area contributed by atoms with Gasteiger partial charge in [0.15, 0.2) is 0 Å². The summed E-state index contributed by atoms with van der Waals surface area (Å²) >= 11 is 0. The molecule has 0 saturated heterocycles. The number of rotatable bonds is 4. The van der Waals surface area contributed by atoms with Crippen LogP contribution >= 0.6 is 0 Å². The van der Waals surface area contributed by atoms with Crippen molar-refractivity contribution in [3.63, 3.8) is 0 Å². The molecule has 0 amide bonds. The van der Waals surface area contributed by atoms with Gasteiger partial charge in [-0.15, -0.1) is 0 Å². The molecule has 5 heteroatoms. The Hall–Kier alpha value is -2.35. The van der Waals surface area contributed by atoms with Crippen LogP contribution in [-0.4, -0.2) is 17.6 Å². The van der Waals surface area contributed by atoms with Crippen LogP contribution in [0.25, 0.3) is 0 Å². The molecule has 0 atom stereocenters. The number of nitriles is 1. The summed E-state index contributed by atoms with van der Waals surface area (Å²) in [6.07, 6.45) is 1.50. The second kappa shape index (κ2) is 5.66. The van der Waals surface area contributed by atoms with E-state index >= 15 is 0 Å². The van der Waals surface area contributed by atoms with Crippen molar-refractivity contribution in [1.82, 2.24) is 0 Å². The lowest BCUT2D eigenvalue weighted by molar-refractivity contribution is -0.132. The molecule has 4 nitrogen and oxygen atoms in total. The van der Waals surface area contributed by atoms with Crippen LogP contribution in [0.3, 0.4) is 0 Å². The molecule has 1 rings (SSSR count). The van der Waals surface area contributed by atoms with Crippen molar-refractivity contribution in [3.8, 4) is 6.07 Å². The molecule has 0 spiro atoms. The Bertz CT molecular complexity index is 504. The van der Waals surface area contributed by atoms with Gasteiger partial charge in [0, 0.05) is 17.8 Å². The highest BCUT2D eigenvalue weighted by Gasteiger charge is 2.02. The SMILES string of the molecule is C/C(=C/CNc1ccc(F)c(C#N)c1)C(=O)O. The molecule has 0 bridgehead atoms. The van der Waals surface area contributed by atoms with Crippen molar-refractivity contribution in [3.05, 3.63) is 41.2 Å². The molecule has 0 heterocycles. The molecule has 0 unspecified atom stereocenters. The largest absolute Gasteiger partial charge is 0.478 e. The van der Waals surface area contributed by atoms with Crippen LogP contribution < -0.4 is 5.32 Å². The monoisotopic (exact) mass is 234 g/mol. The number of halogens is 1. The summed E-state index contributed by atoms with van der Waals surface area (Å²) in [5.74, 6) is -1.56. The van der Waals surface area contributed by atoms with E-state index < -0.39 is 11.8 Å². The number of hydrogen-bond donors (Lipinski definition) is 2. The Balaban J connectivity index is 2.68. The summed E-state index contributed by atoms with van der Waals surface area (Å²) in [7, 11) is 0. The Morgan fingerprint density at radius 1 is 1.65 bits per heavy atom. The number of hydrogen-bond acceptors (Lipinski definition) is 3. The Kier molecular flexibility index (Phi) is 4.23. The van der Waals surface area contributed by atoms with Crippen LogP contribution in [0.2, 0.25) is 0 Å². The molecule has 0 radical (unpaired) electrons. The molecular weight excluding hydrogens is 223 g/mol. The van der Waals surface area contributed by atoms with Gasteiger partial charge in [0.1, 0.15) is 11.9 Å². The number of anilines is 1. The Labute approximate surface area is 98.0 Å². The summed E-state index contributed by atoms with van der Waals surface area (Å²) in [6.45, 7) is 1.78. The first-order chi connectivity index (χ1) is 8.04. The van der Waals surface area contributed by atoms with Crippen molar-refractivity contribution < 1.29 is 14.3 Å². The second-order valence-corrected chi connectivity index (χ2v) is 3.38. The van der Waals surface area contributed by atoms with Gasteiger partial charge in [-0.05, 0) is 25.1 Å². The van der Waals surface area contributed by atoms with Crippen LogP contribution in [0.5, 0.6) is 0 Å². The van der Waals surface area contributed by atoms with Gasteiger partial charge in [-0.1, -0.05) is 6.08 Å². The number of carboxylic acids is 1. The molecule has 17 heavy (non-hydrogen) atoms. The van der Waals surface area contributed by atoms with Crippen LogP contribution in [0.1, 0.15) is 12.5 Å². The highest BCUT2D eigenvalue weighted by molar-refractivity contribution is 5.85. The first-order valence-corrected chi connectivity index (χ1v) is 4.88. The van der Waals surface area contributed by atoms with E-state index in [2.05, 4.69) is 5.32 Å². The van der Waals surface area contributed by atoms with Crippen LogP contribution in [0.15, 0.2) is 29.8 Å².